The molecule has 0 bridgehead atoms. The molecule has 0 saturated carbocycles. The zero-order chi connectivity index (χ0) is 20.0. The Kier molecular flexibility index (Phi) is 13.2. The van der Waals surface area contributed by atoms with Crippen molar-refractivity contribution in [1.82, 2.24) is 5.48 Å². The molecule has 0 aliphatic carbocycles. The Bertz CT molecular complexity index is 438. The molecular weight excluding hydrogens is 353 g/mol. The van der Waals surface area contributed by atoms with E-state index in [1.165, 1.54) is 0 Å². The molecule has 0 amide bonds. The second-order valence-corrected chi connectivity index (χ2v) is 9.51. The van der Waals surface area contributed by atoms with Crippen LogP contribution in [0.2, 0.25) is 0 Å². The van der Waals surface area contributed by atoms with Crippen molar-refractivity contribution in [1.29, 1.82) is 5.41 Å². The van der Waals surface area contributed by atoms with Crippen LogP contribution >= 0.6 is 7.37 Å². The first-order valence-corrected chi connectivity index (χ1v) is 11.9. The number of hydrogen-bond acceptors (Lipinski definition) is 5. The largest absolute Gasteiger partial charge is 0.538 e. The van der Waals surface area contributed by atoms with Gasteiger partial charge < -0.3 is 15.1 Å². The predicted octanol–water partition coefficient (Wildman–Crippen LogP) is 5.25. The van der Waals surface area contributed by atoms with Crippen molar-refractivity contribution in [2.75, 3.05) is 12.3 Å². The topological polar surface area (TPSA) is 115 Å². The highest BCUT2D eigenvalue weighted by Crippen LogP contribution is 2.52. The summed E-state index contributed by atoms with van der Waals surface area (Å²) in [5, 5.41) is 7.02. The average Bonchev–Trinajstić information content (AvgIpc) is 2.60. The lowest BCUT2D eigenvalue weighted by Gasteiger charge is -2.26. The highest BCUT2D eigenvalue weighted by molar-refractivity contribution is 7.59. The number of hydroxylamine groups is 1. The Morgan fingerprint density at radius 1 is 1.04 bits per heavy atom. The van der Waals surface area contributed by atoms with Crippen LogP contribution in [0.5, 0.6) is 0 Å². The van der Waals surface area contributed by atoms with Gasteiger partial charge in [-0.15, -0.1) is 0 Å². The molecule has 0 aromatic carbocycles. The molecule has 154 valence electrons. The molecule has 0 aliphatic heterocycles. The fraction of sp³-hybridized carbons (Fsp3) is 0.889. The molecule has 4 N–H and O–H groups in total. The van der Waals surface area contributed by atoms with Crippen LogP contribution in [-0.4, -0.2) is 24.4 Å². The third kappa shape index (κ3) is 11.4. The SMILES string of the molecule is CCCCC(CC)CP(=O)(CC(CC)CCCC)OC(=O)ONC(=N)N. The van der Waals surface area contributed by atoms with Crippen LogP contribution in [0.1, 0.15) is 79.1 Å². The Morgan fingerprint density at radius 3 is 1.85 bits per heavy atom. The van der Waals surface area contributed by atoms with Crippen LogP contribution in [0.3, 0.4) is 0 Å². The van der Waals surface area contributed by atoms with Crippen molar-refractivity contribution in [3.63, 3.8) is 0 Å². The van der Waals surface area contributed by atoms with Crippen molar-refractivity contribution in [3.05, 3.63) is 0 Å². The van der Waals surface area contributed by atoms with E-state index in [0.717, 1.165) is 51.4 Å². The van der Waals surface area contributed by atoms with E-state index in [1.54, 1.807) is 0 Å². The standard InChI is InChI=1S/C18H38N3O4P/c1-5-9-11-15(7-3)13-26(23,14-16(8-4)12-10-6-2)25-18(22)24-21-17(19)20/h15-16H,5-14H2,1-4H3,(H4,19,20,21). The van der Waals surface area contributed by atoms with E-state index in [-0.39, 0.29) is 11.8 Å². The van der Waals surface area contributed by atoms with Crippen molar-refractivity contribution in [2.24, 2.45) is 17.6 Å². The number of guanidine groups is 1. The molecule has 0 spiro atoms. The zero-order valence-corrected chi connectivity index (χ0v) is 17.8. The molecule has 0 aromatic rings. The lowest BCUT2D eigenvalue weighted by Crippen LogP contribution is -2.33. The summed E-state index contributed by atoms with van der Waals surface area (Å²) in [6.07, 6.45) is 7.77. The van der Waals surface area contributed by atoms with Gasteiger partial charge in [-0.3, -0.25) is 9.97 Å². The molecule has 7 nitrogen and oxygen atoms in total. The van der Waals surface area contributed by atoms with E-state index in [4.69, 9.17) is 15.7 Å². The number of carbonyl (C=O) groups is 1. The Labute approximate surface area is 158 Å². The van der Waals surface area contributed by atoms with Gasteiger partial charge in [0.15, 0.2) is 0 Å². The third-order valence-corrected chi connectivity index (χ3v) is 7.27. The van der Waals surface area contributed by atoms with E-state index < -0.39 is 19.5 Å². The molecule has 0 heterocycles. The number of unbranched alkanes of at least 4 members (excludes halogenated alkanes) is 2. The van der Waals surface area contributed by atoms with E-state index in [2.05, 4.69) is 32.5 Å². The Hall–Kier alpha value is -1.23. The number of nitrogens with one attached hydrogen (secondary N) is 2. The summed E-state index contributed by atoms with van der Waals surface area (Å²) in [6, 6.07) is 0. The third-order valence-electron chi connectivity index (χ3n) is 4.64. The maximum absolute atomic E-state index is 13.5. The smallest absolute Gasteiger partial charge is 0.379 e. The van der Waals surface area contributed by atoms with Crippen LogP contribution in [0.25, 0.3) is 0 Å². The molecule has 2 atom stereocenters. The highest BCUT2D eigenvalue weighted by Gasteiger charge is 2.33. The van der Waals surface area contributed by atoms with Crippen LogP contribution < -0.4 is 11.2 Å². The lowest BCUT2D eigenvalue weighted by molar-refractivity contribution is 0.0753. The van der Waals surface area contributed by atoms with E-state index in [9.17, 15) is 9.36 Å². The Morgan fingerprint density at radius 2 is 1.50 bits per heavy atom. The fourth-order valence-electron chi connectivity index (χ4n) is 3.02. The normalized spacial score (nSPS) is 15.5. The molecule has 8 heteroatoms. The van der Waals surface area contributed by atoms with Crippen LogP contribution in [0.4, 0.5) is 4.79 Å². The fourth-order valence-corrected chi connectivity index (χ4v) is 6.08. The van der Waals surface area contributed by atoms with Crippen molar-refractivity contribution >= 4 is 19.5 Å². The molecule has 0 aliphatic rings. The molecule has 2 unspecified atom stereocenters. The van der Waals surface area contributed by atoms with Gasteiger partial charge in [0.1, 0.15) is 0 Å². The Balaban J connectivity index is 5.11. The minimum atomic E-state index is -3.19. The number of hydrogen-bond donors (Lipinski definition) is 3. The maximum Gasteiger partial charge on any atom is 0.538 e. The molecule has 0 fully saturated rings. The van der Waals surface area contributed by atoms with Crippen LogP contribution in [0.15, 0.2) is 0 Å². The van der Waals surface area contributed by atoms with Gasteiger partial charge in [-0.2, -0.15) is 5.48 Å². The predicted molar refractivity (Wildman–Crippen MR) is 107 cm³/mol. The summed E-state index contributed by atoms with van der Waals surface area (Å²) in [7, 11) is -3.19. The van der Waals surface area contributed by atoms with Gasteiger partial charge in [0.05, 0.1) is 0 Å². The minimum absolute atomic E-state index is 0.262. The van der Waals surface area contributed by atoms with Gasteiger partial charge in [-0.1, -0.05) is 66.2 Å². The first-order chi connectivity index (χ1) is 12.3. The summed E-state index contributed by atoms with van der Waals surface area (Å²) in [4.78, 5) is 16.5. The molecule has 0 aromatic heterocycles. The van der Waals surface area contributed by atoms with Gasteiger partial charge >= 0.3 is 6.16 Å². The highest BCUT2D eigenvalue weighted by atomic mass is 31.2. The number of rotatable bonds is 13. The van der Waals surface area contributed by atoms with Crippen molar-refractivity contribution in [3.8, 4) is 0 Å². The summed E-state index contributed by atoms with van der Waals surface area (Å²) in [5.74, 6) is 0.0107. The summed E-state index contributed by atoms with van der Waals surface area (Å²) < 4.78 is 18.8. The molecule has 26 heavy (non-hydrogen) atoms. The van der Waals surface area contributed by atoms with Crippen molar-refractivity contribution < 1.29 is 18.7 Å². The minimum Gasteiger partial charge on any atom is -0.379 e. The second-order valence-electron chi connectivity index (χ2n) is 6.97. The number of nitrogens with two attached hydrogens (primary N) is 1. The molecule has 0 radical (unpaired) electrons. The first-order valence-electron chi connectivity index (χ1n) is 9.88. The van der Waals surface area contributed by atoms with Gasteiger partial charge in [-0.25, -0.2) is 4.79 Å². The maximum atomic E-state index is 13.5. The summed E-state index contributed by atoms with van der Waals surface area (Å²) >= 11 is 0. The second kappa shape index (κ2) is 13.9. The van der Waals surface area contributed by atoms with Crippen LogP contribution in [0, 0.1) is 17.2 Å². The first kappa shape index (κ1) is 24.8. The lowest BCUT2D eigenvalue weighted by atomic mass is 10.0. The van der Waals surface area contributed by atoms with E-state index >= 15 is 0 Å². The van der Waals surface area contributed by atoms with Crippen molar-refractivity contribution in [2.45, 2.75) is 79.1 Å². The van der Waals surface area contributed by atoms with E-state index in [0.29, 0.717) is 12.3 Å². The summed E-state index contributed by atoms with van der Waals surface area (Å²) in [6.45, 7) is 8.42. The van der Waals surface area contributed by atoms with Gasteiger partial charge in [0.2, 0.25) is 5.96 Å². The zero-order valence-electron chi connectivity index (χ0n) is 16.9. The molecule has 0 rings (SSSR count). The summed E-state index contributed by atoms with van der Waals surface area (Å²) in [5.41, 5.74) is 7.03. The van der Waals surface area contributed by atoms with Gasteiger partial charge in [0, 0.05) is 12.3 Å². The monoisotopic (exact) mass is 391 g/mol. The quantitative estimate of drug-likeness (QED) is 0.171. The molecule has 0 saturated heterocycles. The molecular formula is C18H38N3O4P. The van der Waals surface area contributed by atoms with E-state index in [1.807, 2.05) is 5.48 Å². The van der Waals surface area contributed by atoms with Gasteiger partial charge in [0.25, 0.3) is 7.37 Å². The van der Waals surface area contributed by atoms with Gasteiger partial charge in [-0.05, 0) is 24.7 Å². The average molecular weight is 391 g/mol. The number of carbonyl (C=O) groups excluding carboxylic acids is 1. The van der Waals surface area contributed by atoms with Crippen LogP contribution in [-0.2, 0) is 13.9 Å².